The normalized spacial score (nSPS) is 15.4. The van der Waals surface area contributed by atoms with Crippen LogP contribution in [-0.4, -0.2) is 32.8 Å². The Morgan fingerprint density at radius 1 is 1.35 bits per heavy atom. The van der Waals surface area contributed by atoms with E-state index in [1.165, 1.54) is 19.3 Å². The van der Waals surface area contributed by atoms with Gasteiger partial charge in [-0.3, -0.25) is 4.99 Å². The van der Waals surface area contributed by atoms with Crippen LogP contribution in [0, 0.1) is 0 Å². The average molecular weight is 277 g/mol. The minimum atomic E-state index is 0.547. The summed E-state index contributed by atoms with van der Waals surface area (Å²) in [6, 6.07) is 6.33. The van der Waals surface area contributed by atoms with E-state index in [1.54, 1.807) is 14.2 Å². The minimum absolute atomic E-state index is 0.547. The molecule has 0 bridgehead atoms. The van der Waals surface area contributed by atoms with Gasteiger partial charge < -0.3 is 20.1 Å². The van der Waals surface area contributed by atoms with Gasteiger partial charge in [-0.1, -0.05) is 0 Å². The number of benzene rings is 1. The van der Waals surface area contributed by atoms with E-state index in [0.29, 0.717) is 12.6 Å². The van der Waals surface area contributed by atoms with E-state index in [1.807, 2.05) is 25.1 Å². The fourth-order valence-corrected chi connectivity index (χ4v) is 2.06. The minimum Gasteiger partial charge on any atom is -0.493 e. The first kappa shape index (κ1) is 14.5. The molecule has 5 nitrogen and oxygen atoms in total. The van der Waals surface area contributed by atoms with Gasteiger partial charge in [-0.2, -0.15) is 0 Å². The predicted molar refractivity (Wildman–Crippen MR) is 81.9 cm³/mol. The lowest BCUT2D eigenvalue weighted by Gasteiger charge is -2.28. The topological polar surface area (TPSA) is 54.9 Å². The number of nitrogens with one attached hydrogen (secondary N) is 2. The number of methoxy groups -OCH3 is 1. The molecule has 0 saturated heterocycles. The van der Waals surface area contributed by atoms with Gasteiger partial charge in [0, 0.05) is 24.8 Å². The number of hydrogen-bond donors (Lipinski definition) is 2. The van der Waals surface area contributed by atoms with Gasteiger partial charge in [0.2, 0.25) is 0 Å². The van der Waals surface area contributed by atoms with Crippen molar-refractivity contribution < 1.29 is 9.47 Å². The van der Waals surface area contributed by atoms with Crippen molar-refractivity contribution in [1.82, 2.24) is 5.32 Å². The highest BCUT2D eigenvalue weighted by Gasteiger charge is 2.18. The van der Waals surface area contributed by atoms with E-state index in [4.69, 9.17) is 9.47 Å². The van der Waals surface area contributed by atoms with Crippen molar-refractivity contribution >= 4 is 11.6 Å². The third kappa shape index (κ3) is 3.56. The molecule has 0 aromatic heterocycles. The molecule has 20 heavy (non-hydrogen) atoms. The summed E-state index contributed by atoms with van der Waals surface area (Å²) in [5, 5.41) is 6.67. The maximum absolute atomic E-state index is 5.51. The molecule has 0 atom stereocenters. The molecule has 0 spiro atoms. The first-order chi connectivity index (χ1) is 9.76. The summed E-state index contributed by atoms with van der Waals surface area (Å²) in [6.45, 7) is 2.57. The fourth-order valence-electron chi connectivity index (χ4n) is 2.06. The number of anilines is 1. The number of guanidine groups is 1. The van der Waals surface area contributed by atoms with Crippen LogP contribution in [0.2, 0.25) is 0 Å². The van der Waals surface area contributed by atoms with Crippen LogP contribution >= 0.6 is 0 Å². The second kappa shape index (κ2) is 7.03. The van der Waals surface area contributed by atoms with Crippen molar-refractivity contribution in [1.29, 1.82) is 0 Å². The molecule has 2 rings (SSSR count). The van der Waals surface area contributed by atoms with Crippen LogP contribution in [0.4, 0.5) is 5.69 Å². The molecule has 0 amide bonds. The molecule has 0 heterocycles. The molecular weight excluding hydrogens is 254 g/mol. The van der Waals surface area contributed by atoms with Gasteiger partial charge in [0.05, 0.1) is 13.7 Å². The zero-order valence-electron chi connectivity index (χ0n) is 12.4. The third-order valence-corrected chi connectivity index (χ3v) is 3.40. The van der Waals surface area contributed by atoms with Gasteiger partial charge in [0.15, 0.2) is 17.5 Å². The van der Waals surface area contributed by atoms with E-state index in [2.05, 4.69) is 15.6 Å². The van der Waals surface area contributed by atoms with Crippen molar-refractivity contribution in [3.05, 3.63) is 18.2 Å². The van der Waals surface area contributed by atoms with Gasteiger partial charge in [-0.25, -0.2) is 0 Å². The summed E-state index contributed by atoms with van der Waals surface area (Å²) in [7, 11) is 3.42. The van der Waals surface area contributed by atoms with E-state index >= 15 is 0 Å². The van der Waals surface area contributed by atoms with Gasteiger partial charge in [0.1, 0.15) is 0 Å². The lowest BCUT2D eigenvalue weighted by Crippen LogP contribution is -2.42. The molecule has 1 aromatic carbocycles. The Morgan fingerprint density at radius 2 is 2.15 bits per heavy atom. The fraction of sp³-hybridized carbons (Fsp3) is 0.533. The highest BCUT2D eigenvalue weighted by Crippen LogP contribution is 2.30. The quantitative estimate of drug-likeness (QED) is 0.641. The van der Waals surface area contributed by atoms with Crippen LogP contribution in [0.15, 0.2) is 23.2 Å². The summed E-state index contributed by atoms with van der Waals surface area (Å²) in [5.41, 5.74) is 0.928. The van der Waals surface area contributed by atoms with Crippen LogP contribution < -0.4 is 20.1 Å². The maximum atomic E-state index is 5.51. The summed E-state index contributed by atoms with van der Waals surface area (Å²) in [5.74, 6) is 2.26. The summed E-state index contributed by atoms with van der Waals surface area (Å²) < 4.78 is 10.8. The largest absolute Gasteiger partial charge is 0.493 e. The van der Waals surface area contributed by atoms with Crippen molar-refractivity contribution in [2.75, 3.05) is 26.1 Å². The molecule has 5 heteroatoms. The monoisotopic (exact) mass is 277 g/mol. The molecule has 0 aliphatic heterocycles. The second-order valence-corrected chi connectivity index (χ2v) is 4.77. The Balaban J connectivity index is 2.03. The SMILES string of the molecule is CCOc1ccc(NC(=NC)NC2CCC2)cc1OC. The van der Waals surface area contributed by atoms with Gasteiger partial charge in [0.25, 0.3) is 0 Å². The molecule has 1 aliphatic rings. The number of aliphatic imine (C=N–C) groups is 1. The lowest BCUT2D eigenvalue weighted by atomic mass is 9.93. The molecule has 1 fully saturated rings. The number of ether oxygens (including phenoxy) is 2. The summed E-state index contributed by atoms with van der Waals surface area (Å²) in [4.78, 5) is 4.24. The molecule has 0 radical (unpaired) electrons. The van der Waals surface area contributed by atoms with Crippen molar-refractivity contribution in [2.24, 2.45) is 4.99 Å². The van der Waals surface area contributed by atoms with E-state index < -0.39 is 0 Å². The molecule has 1 aromatic rings. The Labute approximate surface area is 120 Å². The Morgan fingerprint density at radius 3 is 2.70 bits per heavy atom. The Bertz CT molecular complexity index is 470. The van der Waals surface area contributed by atoms with Crippen LogP contribution in [0.25, 0.3) is 0 Å². The highest BCUT2D eigenvalue weighted by atomic mass is 16.5. The lowest BCUT2D eigenvalue weighted by molar-refractivity contribution is 0.311. The first-order valence-electron chi connectivity index (χ1n) is 7.08. The molecule has 2 N–H and O–H groups in total. The van der Waals surface area contributed by atoms with Crippen LogP contribution in [-0.2, 0) is 0 Å². The predicted octanol–water partition coefficient (Wildman–Crippen LogP) is 2.63. The Kier molecular flexibility index (Phi) is 5.09. The van der Waals surface area contributed by atoms with Crippen molar-refractivity contribution in [3.8, 4) is 11.5 Å². The highest BCUT2D eigenvalue weighted by molar-refractivity contribution is 5.94. The Hall–Kier alpha value is -1.91. The molecule has 1 saturated carbocycles. The number of rotatable bonds is 5. The van der Waals surface area contributed by atoms with E-state index in [-0.39, 0.29) is 0 Å². The number of hydrogen-bond acceptors (Lipinski definition) is 3. The molecule has 0 unspecified atom stereocenters. The number of nitrogens with zero attached hydrogens (tertiary/aromatic N) is 1. The smallest absolute Gasteiger partial charge is 0.195 e. The average Bonchev–Trinajstić information content (AvgIpc) is 2.43. The van der Waals surface area contributed by atoms with Crippen LogP contribution in [0.5, 0.6) is 11.5 Å². The van der Waals surface area contributed by atoms with Gasteiger partial charge >= 0.3 is 0 Å². The second-order valence-electron chi connectivity index (χ2n) is 4.77. The van der Waals surface area contributed by atoms with E-state index in [9.17, 15) is 0 Å². The summed E-state index contributed by atoms with van der Waals surface area (Å²) in [6.07, 6.45) is 3.73. The van der Waals surface area contributed by atoms with Gasteiger partial charge in [-0.05, 0) is 38.3 Å². The molecular formula is C15H23N3O2. The zero-order chi connectivity index (χ0) is 14.4. The van der Waals surface area contributed by atoms with Crippen LogP contribution in [0.3, 0.4) is 0 Å². The van der Waals surface area contributed by atoms with Crippen LogP contribution in [0.1, 0.15) is 26.2 Å². The van der Waals surface area contributed by atoms with Crippen molar-refractivity contribution in [3.63, 3.8) is 0 Å². The summed E-state index contributed by atoms with van der Waals surface area (Å²) >= 11 is 0. The molecule has 1 aliphatic carbocycles. The zero-order valence-corrected chi connectivity index (χ0v) is 12.4. The van der Waals surface area contributed by atoms with E-state index in [0.717, 1.165) is 23.1 Å². The van der Waals surface area contributed by atoms with Gasteiger partial charge in [-0.15, -0.1) is 0 Å². The third-order valence-electron chi connectivity index (χ3n) is 3.40. The molecule has 110 valence electrons. The van der Waals surface area contributed by atoms with Crippen molar-refractivity contribution in [2.45, 2.75) is 32.2 Å². The maximum Gasteiger partial charge on any atom is 0.195 e. The standard InChI is InChI=1S/C15H23N3O2/c1-4-20-13-9-8-12(10-14(13)19-3)18-15(16-2)17-11-6-5-7-11/h8-11H,4-7H2,1-3H3,(H2,16,17,18). The first-order valence-corrected chi connectivity index (χ1v) is 7.08.